The van der Waals surface area contributed by atoms with E-state index in [2.05, 4.69) is 6.08 Å². The highest BCUT2D eigenvalue weighted by atomic mass is 16.5. The second-order valence-electron chi connectivity index (χ2n) is 4.45. The molecule has 0 spiro atoms. The molecule has 2 nitrogen and oxygen atoms in total. The Kier molecular flexibility index (Phi) is 3.60. The van der Waals surface area contributed by atoms with Crippen LogP contribution in [-0.4, -0.2) is 24.4 Å². The Labute approximate surface area is 86.0 Å². The van der Waals surface area contributed by atoms with E-state index < -0.39 is 0 Å². The van der Waals surface area contributed by atoms with Gasteiger partial charge in [-0.2, -0.15) is 0 Å². The molecule has 0 aromatic carbocycles. The number of aliphatic hydroxyl groups excluding tert-OH is 1. The monoisotopic (exact) mass is 196 g/mol. The van der Waals surface area contributed by atoms with Crippen LogP contribution >= 0.6 is 0 Å². The van der Waals surface area contributed by atoms with E-state index in [1.807, 2.05) is 0 Å². The Bertz CT molecular complexity index is 204. The van der Waals surface area contributed by atoms with Crippen molar-refractivity contribution in [1.82, 2.24) is 0 Å². The van der Waals surface area contributed by atoms with Crippen LogP contribution < -0.4 is 0 Å². The molecule has 14 heavy (non-hydrogen) atoms. The lowest BCUT2D eigenvalue weighted by atomic mass is 9.92. The quantitative estimate of drug-likeness (QED) is 0.686. The molecule has 2 rings (SSSR count). The molecule has 2 aliphatic rings. The van der Waals surface area contributed by atoms with Crippen molar-refractivity contribution in [2.75, 3.05) is 13.2 Å². The van der Waals surface area contributed by atoms with Gasteiger partial charge in [-0.25, -0.2) is 0 Å². The summed E-state index contributed by atoms with van der Waals surface area (Å²) < 4.78 is 5.31. The van der Waals surface area contributed by atoms with E-state index in [4.69, 9.17) is 4.74 Å². The number of aliphatic hydroxyl groups is 1. The van der Waals surface area contributed by atoms with Crippen LogP contribution in [0.15, 0.2) is 11.6 Å². The predicted molar refractivity (Wildman–Crippen MR) is 56.1 cm³/mol. The van der Waals surface area contributed by atoms with Crippen LogP contribution in [0, 0.1) is 5.92 Å². The highest BCUT2D eigenvalue weighted by Crippen LogP contribution is 2.27. The first kappa shape index (κ1) is 10.2. The third kappa shape index (κ3) is 2.37. The molecule has 2 atom stereocenters. The molecule has 0 aromatic rings. The summed E-state index contributed by atoms with van der Waals surface area (Å²) in [5, 5.41) is 10.2. The second kappa shape index (κ2) is 4.94. The van der Waals surface area contributed by atoms with Gasteiger partial charge in [-0.15, -0.1) is 0 Å². The summed E-state index contributed by atoms with van der Waals surface area (Å²) in [7, 11) is 0. The molecule has 0 bridgehead atoms. The van der Waals surface area contributed by atoms with E-state index in [9.17, 15) is 5.11 Å². The maximum absolute atomic E-state index is 10.2. The smallest absolute Gasteiger partial charge is 0.0801 e. The van der Waals surface area contributed by atoms with Crippen LogP contribution in [0.4, 0.5) is 0 Å². The van der Waals surface area contributed by atoms with Gasteiger partial charge in [0, 0.05) is 12.5 Å². The molecular formula is C12H20O2. The van der Waals surface area contributed by atoms with Crippen molar-refractivity contribution in [1.29, 1.82) is 0 Å². The van der Waals surface area contributed by atoms with Crippen LogP contribution in [0.25, 0.3) is 0 Å². The molecule has 0 aromatic heterocycles. The van der Waals surface area contributed by atoms with Crippen molar-refractivity contribution >= 4 is 0 Å². The number of hydrogen-bond acceptors (Lipinski definition) is 2. The predicted octanol–water partition coefficient (Wildman–Crippen LogP) is 2.27. The average Bonchev–Trinajstić information content (AvgIpc) is 2.59. The van der Waals surface area contributed by atoms with Gasteiger partial charge in [-0.3, -0.25) is 0 Å². The van der Waals surface area contributed by atoms with Crippen molar-refractivity contribution < 1.29 is 9.84 Å². The zero-order valence-corrected chi connectivity index (χ0v) is 8.74. The number of rotatable bonds is 2. The van der Waals surface area contributed by atoms with E-state index in [0.717, 1.165) is 32.5 Å². The molecule has 2 heteroatoms. The van der Waals surface area contributed by atoms with E-state index >= 15 is 0 Å². The normalized spacial score (nSPS) is 30.9. The first-order valence-corrected chi connectivity index (χ1v) is 5.82. The summed E-state index contributed by atoms with van der Waals surface area (Å²) in [6.45, 7) is 1.58. The van der Waals surface area contributed by atoms with Crippen LogP contribution in [0.2, 0.25) is 0 Å². The van der Waals surface area contributed by atoms with Gasteiger partial charge >= 0.3 is 0 Å². The van der Waals surface area contributed by atoms with Gasteiger partial charge in [-0.05, 0) is 37.7 Å². The SMILES string of the molecule is OC(C1=CCCCCC1)C1CCOC1. The summed E-state index contributed by atoms with van der Waals surface area (Å²) in [5.74, 6) is 0.361. The van der Waals surface area contributed by atoms with Gasteiger partial charge in [0.2, 0.25) is 0 Å². The Balaban J connectivity index is 1.94. The molecule has 80 valence electrons. The van der Waals surface area contributed by atoms with Crippen molar-refractivity contribution in [2.24, 2.45) is 5.92 Å². The van der Waals surface area contributed by atoms with Gasteiger partial charge in [0.25, 0.3) is 0 Å². The van der Waals surface area contributed by atoms with E-state index in [1.165, 1.54) is 24.8 Å². The van der Waals surface area contributed by atoms with Crippen LogP contribution in [0.5, 0.6) is 0 Å². The van der Waals surface area contributed by atoms with Crippen LogP contribution in [-0.2, 0) is 4.74 Å². The summed E-state index contributed by atoms with van der Waals surface area (Å²) in [4.78, 5) is 0. The molecule has 2 unspecified atom stereocenters. The maximum atomic E-state index is 10.2. The van der Waals surface area contributed by atoms with Gasteiger partial charge in [-0.1, -0.05) is 12.5 Å². The topological polar surface area (TPSA) is 29.5 Å². The van der Waals surface area contributed by atoms with E-state index in [0.29, 0.717) is 5.92 Å². The Morgan fingerprint density at radius 1 is 1.36 bits per heavy atom. The van der Waals surface area contributed by atoms with Crippen LogP contribution in [0.1, 0.15) is 38.5 Å². The highest BCUT2D eigenvalue weighted by molar-refractivity contribution is 5.11. The number of hydrogen-bond donors (Lipinski definition) is 1. The minimum absolute atomic E-state index is 0.226. The lowest BCUT2D eigenvalue weighted by Gasteiger charge is -2.19. The fraction of sp³-hybridized carbons (Fsp3) is 0.833. The molecular weight excluding hydrogens is 176 g/mol. The largest absolute Gasteiger partial charge is 0.388 e. The van der Waals surface area contributed by atoms with E-state index in [1.54, 1.807) is 0 Å². The first-order chi connectivity index (χ1) is 6.88. The minimum Gasteiger partial charge on any atom is -0.388 e. The molecule has 0 amide bonds. The van der Waals surface area contributed by atoms with Gasteiger partial charge in [0.05, 0.1) is 12.7 Å². The lowest BCUT2D eigenvalue weighted by Crippen LogP contribution is -2.22. The molecule has 1 heterocycles. The fourth-order valence-corrected chi connectivity index (χ4v) is 2.41. The lowest BCUT2D eigenvalue weighted by molar-refractivity contribution is 0.114. The standard InChI is InChI=1S/C12H20O2/c13-12(11-7-8-14-9-11)10-5-3-1-2-4-6-10/h5,11-13H,1-4,6-9H2. The number of allylic oxidation sites excluding steroid dienone is 1. The summed E-state index contributed by atoms with van der Waals surface area (Å²) in [5.41, 5.74) is 1.28. The summed E-state index contributed by atoms with van der Waals surface area (Å²) in [6, 6.07) is 0. The van der Waals surface area contributed by atoms with Crippen molar-refractivity contribution in [3.05, 3.63) is 11.6 Å². The van der Waals surface area contributed by atoms with E-state index in [-0.39, 0.29) is 6.10 Å². The fourth-order valence-electron chi connectivity index (χ4n) is 2.41. The van der Waals surface area contributed by atoms with Gasteiger partial charge in [0.15, 0.2) is 0 Å². The summed E-state index contributed by atoms with van der Waals surface area (Å²) in [6.07, 6.45) is 9.16. The maximum Gasteiger partial charge on any atom is 0.0801 e. The minimum atomic E-state index is -0.226. The van der Waals surface area contributed by atoms with Crippen molar-refractivity contribution in [3.8, 4) is 0 Å². The molecule has 0 radical (unpaired) electrons. The van der Waals surface area contributed by atoms with Crippen molar-refractivity contribution in [3.63, 3.8) is 0 Å². The third-order valence-electron chi connectivity index (χ3n) is 3.37. The van der Waals surface area contributed by atoms with Gasteiger partial charge < -0.3 is 9.84 Å². The molecule has 1 aliphatic heterocycles. The van der Waals surface area contributed by atoms with Crippen LogP contribution in [0.3, 0.4) is 0 Å². The van der Waals surface area contributed by atoms with Gasteiger partial charge in [0.1, 0.15) is 0 Å². The third-order valence-corrected chi connectivity index (χ3v) is 3.37. The van der Waals surface area contributed by atoms with Crippen molar-refractivity contribution in [2.45, 2.75) is 44.6 Å². The first-order valence-electron chi connectivity index (χ1n) is 5.82. The Morgan fingerprint density at radius 2 is 2.29 bits per heavy atom. The average molecular weight is 196 g/mol. The second-order valence-corrected chi connectivity index (χ2v) is 4.45. The molecule has 1 saturated heterocycles. The Hall–Kier alpha value is -0.340. The molecule has 1 aliphatic carbocycles. The molecule has 1 fully saturated rings. The molecule has 0 saturated carbocycles. The Morgan fingerprint density at radius 3 is 3.07 bits per heavy atom. The zero-order valence-electron chi connectivity index (χ0n) is 8.74. The highest BCUT2D eigenvalue weighted by Gasteiger charge is 2.26. The summed E-state index contributed by atoms with van der Waals surface area (Å²) >= 11 is 0. The number of ether oxygens (including phenoxy) is 1. The molecule has 1 N–H and O–H groups in total. The zero-order chi connectivity index (χ0) is 9.80.